The largest absolute Gasteiger partial charge is 0.307 e. The third kappa shape index (κ3) is 4.17. The highest BCUT2D eigenvalue weighted by Gasteiger charge is 2.10. The second kappa shape index (κ2) is 6.67. The molecule has 106 valence electrons. The van der Waals surface area contributed by atoms with Crippen molar-refractivity contribution in [2.24, 2.45) is 0 Å². The van der Waals surface area contributed by atoms with Crippen molar-refractivity contribution in [2.75, 3.05) is 0 Å². The fourth-order valence-electron chi connectivity index (χ4n) is 2.41. The average molecular weight is 271 g/mol. The van der Waals surface area contributed by atoms with Crippen molar-refractivity contribution in [2.45, 2.75) is 39.3 Å². The summed E-state index contributed by atoms with van der Waals surface area (Å²) in [5.41, 5.74) is 3.73. The lowest BCUT2D eigenvalue weighted by Crippen LogP contribution is -2.30. The van der Waals surface area contributed by atoms with E-state index in [9.17, 15) is 4.39 Å². The van der Waals surface area contributed by atoms with Gasteiger partial charge in [0, 0.05) is 12.1 Å². The summed E-state index contributed by atoms with van der Waals surface area (Å²) in [6, 6.07) is 16.0. The van der Waals surface area contributed by atoms with Gasteiger partial charge in [0.05, 0.1) is 0 Å². The summed E-state index contributed by atoms with van der Waals surface area (Å²) in [6.07, 6.45) is 0.899. The van der Waals surface area contributed by atoms with Gasteiger partial charge in [-0.3, -0.25) is 0 Å². The van der Waals surface area contributed by atoms with Crippen LogP contribution in [0.15, 0.2) is 48.5 Å². The maximum absolute atomic E-state index is 12.9. The Kier molecular flexibility index (Phi) is 4.91. The number of nitrogens with one attached hydrogen (secondary N) is 1. The minimum atomic E-state index is -0.178. The van der Waals surface area contributed by atoms with Crippen molar-refractivity contribution >= 4 is 0 Å². The van der Waals surface area contributed by atoms with Crippen molar-refractivity contribution < 1.29 is 4.39 Å². The van der Waals surface area contributed by atoms with Crippen LogP contribution in [0.3, 0.4) is 0 Å². The predicted octanol–water partition coefficient (Wildman–Crippen LogP) is 4.42. The molecule has 0 spiro atoms. The van der Waals surface area contributed by atoms with Gasteiger partial charge in [-0.15, -0.1) is 0 Å². The zero-order valence-electron chi connectivity index (χ0n) is 12.4. The van der Waals surface area contributed by atoms with Crippen LogP contribution in [-0.2, 0) is 6.42 Å². The van der Waals surface area contributed by atoms with Crippen molar-refractivity contribution in [3.8, 4) is 0 Å². The van der Waals surface area contributed by atoms with Crippen molar-refractivity contribution in [1.82, 2.24) is 5.32 Å². The number of aryl methyl sites for hydroxylation is 1. The zero-order chi connectivity index (χ0) is 14.5. The molecule has 0 aliphatic rings. The highest BCUT2D eigenvalue weighted by molar-refractivity contribution is 5.24. The van der Waals surface area contributed by atoms with E-state index >= 15 is 0 Å². The Morgan fingerprint density at radius 3 is 2.15 bits per heavy atom. The summed E-state index contributed by atoms with van der Waals surface area (Å²) in [5.74, 6) is -0.178. The molecule has 0 aliphatic carbocycles. The quantitative estimate of drug-likeness (QED) is 0.849. The van der Waals surface area contributed by atoms with E-state index < -0.39 is 0 Å². The highest BCUT2D eigenvalue weighted by atomic mass is 19.1. The minimum Gasteiger partial charge on any atom is -0.307 e. The van der Waals surface area contributed by atoms with E-state index in [0.29, 0.717) is 12.1 Å². The molecule has 0 radical (unpaired) electrons. The first-order valence-electron chi connectivity index (χ1n) is 7.11. The van der Waals surface area contributed by atoms with E-state index in [0.717, 1.165) is 12.0 Å². The summed E-state index contributed by atoms with van der Waals surface area (Å²) in [7, 11) is 0. The number of hydrogen-bond acceptors (Lipinski definition) is 1. The molecule has 2 aromatic rings. The second-order valence-corrected chi connectivity index (χ2v) is 5.53. The lowest BCUT2D eigenvalue weighted by Gasteiger charge is -2.20. The number of hydrogen-bond donors (Lipinski definition) is 1. The summed E-state index contributed by atoms with van der Waals surface area (Å²) in [5, 5.41) is 3.58. The second-order valence-electron chi connectivity index (χ2n) is 5.53. The molecule has 0 amide bonds. The summed E-state index contributed by atoms with van der Waals surface area (Å²) < 4.78 is 12.9. The molecule has 0 aromatic heterocycles. The molecule has 20 heavy (non-hydrogen) atoms. The predicted molar refractivity (Wildman–Crippen MR) is 82.3 cm³/mol. The van der Waals surface area contributed by atoms with Crippen LogP contribution in [-0.4, -0.2) is 6.04 Å². The Bertz CT molecular complexity index is 530. The lowest BCUT2D eigenvalue weighted by atomic mass is 10.0. The fourth-order valence-corrected chi connectivity index (χ4v) is 2.41. The van der Waals surface area contributed by atoms with E-state index in [4.69, 9.17) is 0 Å². The molecule has 1 N–H and O–H groups in total. The molecule has 0 saturated carbocycles. The van der Waals surface area contributed by atoms with Crippen molar-refractivity contribution in [3.63, 3.8) is 0 Å². The first-order valence-corrected chi connectivity index (χ1v) is 7.11. The van der Waals surface area contributed by atoms with Crippen molar-refractivity contribution in [1.29, 1.82) is 0 Å². The molecule has 2 rings (SSSR count). The van der Waals surface area contributed by atoms with Gasteiger partial charge in [-0.2, -0.15) is 0 Å². The van der Waals surface area contributed by atoms with Gasteiger partial charge in [0.25, 0.3) is 0 Å². The van der Waals surface area contributed by atoms with E-state index in [1.807, 2.05) is 12.1 Å². The van der Waals surface area contributed by atoms with E-state index in [2.05, 4.69) is 50.4 Å². The standard InChI is InChI=1S/C18H22FN/c1-13-4-8-17(9-5-13)15(3)20-14(2)12-16-6-10-18(19)11-7-16/h4-11,14-15,20H,12H2,1-3H3/t14?,15-/m1/s1. The van der Waals surface area contributed by atoms with Crippen LogP contribution in [0.1, 0.15) is 36.6 Å². The number of benzene rings is 2. The summed E-state index contributed by atoms with van der Waals surface area (Å²) in [4.78, 5) is 0. The molecule has 0 saturated heterocycles. The molecule has 0 aliphatic heterocycles. The Morgan fingerprint density at radius 2 is 1.55 bits per heavy atom. The summed E-state index contributed by atoms with van der Waals surface area (Å²) in [6.45, 7) is 6.43. The van der Waals surface area contributed by atoms with Gasteiger partial charge in [-0.25, -0.2) is 4.39 Å². The van der Waals surface area contributed by atoms with Gasteiger partial charge < -0.3 is 5.32 Å². The van der Waals surface area contributed by atoms with E-state index in [1.54, 1.807) is 0 Å². The Labute approximate surface area is 120 Å². The average Bonchev–Trinajstić information content (AvgIpc) is 2.42. The van der Waals surface area contributed by atoms with Gasteiger partial charge in [0.15, 0.2) is 0 Å². The molecule has 2 heteroatoms. The minimum absolute atomic E-state index is 0.178. The lowest BCUT2D eigenvalue weighted by molar-refractivity contribution is 0.477. The van der Waals surface area contributed by atoms with Crippen LogP contribution >= 0.6 is 0 Å². The molecule has 1 nitrogen and oxygen atoms in total. The van der Waals surface area contributed by atoms with Crippen LogP contribution in [0.2, 0.25) is 0 Å². The van der Waals surface area contributed by atoms with Gasteiger partial charge in [-0.1, -0.05) is 42.0 Å². The van der Waals surface area contributed by atoms with Gasteiger partial charge >= 0.3 is 0 Å². The van der Waals surface area contributed by atoms with Gasteiger partial charge in [-0.05, 0) is 50.5 Å². The van der Waals surface area contributed by atoms with E-state index in [1.165, 1.54) is 23.3 Å². The number of rotatable bonds is 5. The SMILES string of the molecule is Cc1ccc([C@@H](C)NC(C)Cc2ccc(F)cc2)cc1. The van der Waals surface area contributed by atoms with Crippen LogP contribution in [0.25, 0.3) is 0 Å². The first-order chi connectivity index (χ1) is 9.54. The maximum atomic E-state index is 12.9. The highest BCUT2D eigenvalue weighted by Crippen LogP contribution is 2.15. The topological polar surface area (TPSA) is 12.0 Å². The Balaban J connectivity index is 1.92. The van der Waals surface area contributed by atoms with Crippen LogP contribution in [0, 0.1) is 12.7 Å². The maximum Gasteiger partial charge on any atom is 0.123 e. The summed E-state index contributed by atoms with van der Waals surface area (Å²) >= 11 is 0. The first kappa shape index (κ1) is 14.7. The van der Waals surface area contributed by atoms with Crippen LogP contribution < -0.4 is 5.32 Å². The zero-order valence-corrected chi connectivity index (χ0v) is 12.4. The molecular formula is C18H22FN. The van der Waals surface area contributed by atoms with Crippen molar-refractivity contribution in [3.05, 3.63) is 71.0 Å². The number of halogens is 1. The normalized spacial score (nSPS) is 14.0. The van der Waals surface area contributed by atoms with Gasteiger partial charge in [0.2, 0.25) is 0 Å². The molecular weight excluding hydrogens is 249 g/mol. The monoisotopic (exact) mass is 271 g/mol. The third-order valence-electron chi connectivity index (χ3n) is 3.57. The molecule has 2 atom stereocenters. The molecule has 0 fully saturated rings. The van der Waals surface area contributed by atoms with Gasteiger partial charge in [0.1, 0.15) is 5.82 Å². The molecule has 0 heterocycles. The van der Waals surface area contributed by atoms with Crippen LogP contribution in [0.5, 0.6) is 0 Å². The van der Waals surface area contributed by atoms with E-state index in [-0.39, 0.29) is 5.82 Å². The Hall–Kier alpha value is -1.67. The molecule has 0 bridgehead atoms. The van der Waals surface area contributed by atoms with Crippen LogP contribution in [0.4, 0.5) is 4.39 Å². The smallest absolute Gasteiger partial charge is 0.123 e. The molecule has 1 unspecified atom stereocenters. The fraction of sp³-hybridized carbons (Fsp3) is 0.333. The Morgan fingerprint density at radius 1 is 0.950 bits per heavy atom. The molecule has 2 aromatic carbocycles. The third-order valence-corrected chi connectivity index (χ3v) is 3.57.